The third-order valence-corrected chi connectivity index (χ3v) is 4.16. The van der Waals surface area contributed by atoms with Gasteiger partial charge in [0.25, 0.3) is 0 Å². The van der Waals surface area contributed by atoms with E-state index in [0.29, 0.717) is 12.3 Å². The first-order chi connectivity index (χ1) is 9.63. The Hall–Kier alpha value is -1.75. The third-order valence-electron chi connectivity index (χ3n) is 4.16. The minimum Gasteiger partial charge on any atom is -0.397 e. The summed E-state index contributed by atoms with van der Waals surface area (Å²) < 4.78 is 5.39. The topological polar surface area (TPSA) is 67.6 Å². The number of nitrogen functional groups attached to an aromatic ring is 1. The van der Waals surface area contributed by atoms with Gasteiger partial charge in [-0.05, 0) is 36.5 Å². The van der Waals surface area contributed by atoms with E-state index in [1.807, 2.05) is 12.1 Å². The Morgan fingerprint density at radius 2 is 2.15 bits per heavy atom. The minimum atomic E-state index is 0.0450. The molecule has 2 aliphatic heterocycles. The Balaban J connectivity index is 1.76. The highest BCUT2D eigenvalue weighted by atomic mass is 16.5. The number of benzene rings is 1. The number of fused-ring (bicyclic) bond motifs is 1. The van der Waals surface area contributed by atoms with Gasteiger partial charge < -0.3 is 20.7 Å². The van der Waals surface area contributed by atoms with Crippen LogP contribution >= 0.6 is 0 Å². The molecular formula is C15H21N3O2. The van der Waals surface area contributed by atoms with Gasteiger partial charge >= 0.3 is 0 Å². The Labute approximate surface area is 119 Å². The molecule has 1 fully saturated rings. The van der Waals surface area contributed by atoms with Crippen molar-refractivity contribution in [3.63, 3.8) is 0 Å². The van der Waals surface area contributed by atoms with E-state index in [9.17, 15) is 4.79 Å². The molecule has 0 aliphatic carbocycles. The van der Waals surface area contributed by atoms with Crippen LogP contribution < -0.4 is 16.0 Å². The summed E-state index contributed by atoms with van der Waals surface area (Å²) in [6.45, 7) is 2.68. The van der Waals surface area contributed by atoms with Crippen LogP contribution in [0.2, 0.25) is 0 Å². The van der Waals surface area contributed by atoms with Gasteiger partial charge in [-0.3, -0.25) is 4.79 Å². The molecule has 0 radical (unpaired) electrons. The van der Waals surface area contributed by atoms with Crippen molar-refractivity contribution in [1.82, 2.24) is 0 Å². The number of nitrogens with two attached hydrogens (primary N) is 1. The van der Waals surface area contributed by atoms with Crippen molar-refractivity contribution in [2.45, 2.75) is 19.3 Å². The Bertz CT molecular complexity index is 524. The highest BCUT2D eigenvalue weighted by Crippen LogP contribution is 2.34. The van der Waals surface area contributed by atoms with Crippen LogP contribution in [-0.4, -0.2) is 32.7 Å². The van der Waals surface area contributed by atoms with Gasteiger partial charge in [0.2, 0.25) is 5.91 Å². The second kappa shape index (κ2) is 5.32. The maximum absolute atomic E-state index is 11.4. The molecule has 108 valence electrons. The van der Waals surface area contributed by atoms with Gasteiger partial charge in [0.05, 0.1) is 17.8 Å². The molecule has 5 heteroatoms. The summed E-state index contributed by atoms with van der Waals surface area (Å²) in [5, 5.41) is 2.88. The van der Waals surface area contributed by atoms with E-state index in [1.54, 1.807) is 0 Å². The molecule has 2 aliphatic rings. The smallest absolute Gasteiger partial charge is 0.228 e. The van der Waals surface area contributed by atoms with Gasteiger partial charge in [-0.25, -0.2) is 0 Å². The van der Waals surface area contributed by atoms with Crippen molar-refractivity contribution in [3.8, 4) is 0 Å². The monoisotopic (exact) mass is 275 g/mol. The van der Waals surface area contributed by atoms with E-state index in [4.69, 9.17) is 10.5 Å². The van der Waals surface area contributed by atoms with Gasteiger partial charge in [0.1, 0.15) is 0 Å². The van der Waals surface area contributed by atoms with Crippen molar-refractivity contribution in [2.75, 3.05) is 42.8 Å². The minimum absolute atomic E-state index is 0.0450. The fourth-order valence-corrected chi connectivity index (χ4v) is 3.03. The zero-order chi connectivity index (χ0) is 14.1. The number of hydrogen-bond donors (Lipinski definition) is 2. The molecule has 0 unspecified atom stereocenters. The predicted octanol–water partition coefficient (Wildman–Crippen LogP) is 1.63. The fourth-order valence-electron chi connectivity index (χ4n) is 3.03. The van der Waals surface area contributed by atoms with Crippen molar-refractivity contribution in [2.24, 2.45) is 5.92 Å². The highest BCUT2D eigenvalue weighted by Gasteiger charge is 2.22. The lowest BCUT2D eigenvalue weighted by molar-refractivity contribution is -0.115. The van der Waals surface area contributed by atoms with Gasteiger partial charge in [-0.2, -0.15) is 0 Å². The highest BCUT2D eigenvalue weighted by molar-refractivity contribution is 6.00. The number of nitrogens with zero attached hydrogens (tertiary/aromatic N) is 1. The summed E-state index contributed by atoms with van der Waals surface area (Å²) in [6.07, 6.45) is 2.64. The maximum atomic E-state index is 11.4. The Morgan fingerprint density at radius 1 is 1.40 bits per heavy atom. The molecule has 0 atom stereocenters. The SMILES string of the molecule is CN(CC1CCOCC1)c1cc2c(cc1N)CC(=O)N2. The van der Waals surface area contributed by atoms with Crippen molar-refractivity contribution < 1.29 is 9.53 Å². The molecule has 0 spiro atoms. The molecule has 0 bridgehead atoms. The summed E-state index contributed by atoms with van der Waals surface area (Å²) >= 11 is 0. The molecule has 1 aromatic carbocycles. The van der Waals surface area contributed by atoms with Crippen LogP contribution in [-0.2, 0) is 16.0 Å². The van der Waals surface area contributed by atoms with Crippen LogP contribution in [0.3, 0.4) is 0 Å². The molecule has 3 N–H and O–H groups in total. The van der Waals surface area contributed by atoms with E-state index in [1.165, 1.54) is 0 Å². The second-order valence-corrected chi connectivity index (χ2v) is 5.73. The van der Waals surface area contributed by atoms with Crippen molar-refractivity contribution in [3.05, 3.63) is 17.7 Å². The summed E-state index contributed by atoms with van der Waals surface area (Å²) in [5.41, 5.74) is 9.78. The second-order valence-electron chi connectivity index (χ2n) is 5.73. The number of amides is 1. The van der Waals surface area contributed by atoms with Crippen molar-refractivity contribution >= 4 is 23.0 Å². The first-order valence-corrected chi connectivity index (χ1v) is 7.14. The number of nitrogens with one attached hydrogen (secondary N) is 1. The molecule has 0 aromatic heterocycles. The molecular weight excluding hydrogens is 254 g/mol. The lowest BCUT2D eigenvalue weighted by atomic mass is 9.99. The molecule has 1 amide bonds. The molecule has 5 nitrogen and oxygen atoms in total. The van der Waals surface area contributed by atoms with Gasteiger partial charge in [0, 0.05) is 32.5 Å². The van der Waals surface area contributed by atoms with E-state index in [-0.39, 0.29) is 5.91 Å². The Morgan fingerprint density at radius 3 is 2.90 bits per heavy atom. The zero-order valence-electron chi connectivity index (χ0n) is 11.8. The van der Waals surface area contributed by atoms with Crippen LogP contribution in [0.15, 0.2) is 12.1 Å². The number of ether oxygens (including phenoxy) is 1. The van der Waals surface area contributed by atoms with E-state index < -0.39 is 0 Å². The van der Waals surface area contributed by atoms with Crippen LogP contribution in [0.1, 0.15) is 18.4 Å². The average Bonchev–Trinajstić information content (AvgIpc) is 2.78. The van der Waals surface area contributed by atoms with Gasteiger partial charge in [0.15, 0.2) is 0 Å². The normalized spacial score (nSPS) is 18.8. The molecule has 0 saturated carbocycles. The predicted molar refractivity (Wildman–Crippen MR) is 80.0 cm³/mol. The van der Waals surface area contributed by atoms with Crippen molar-refractivity contribution in [1.29, 1.82) is 0 Å². The number of carbonyl (C=O) groups is 1. The molecule has 1 aromatic rings. The zero-order valence-corrected chi connectivity index (χ0v) is 11.8. The Kier molecular flexibility index (Phi) is 3.53. The lowest BCUT2D eigenvalue weighted by Crippen LogP contribution is -2.30. The lowest BCUT2D eigenvalue weighted by Gasteiger charge is -2.29. The van der Waals surface area contributed by atoms with Gasteiger partial charge in [-0.1, -0.05) is 0 Å². The average molecular weight is 275 g/mol. The molecule has 2 heterocycles. The fraction of sp³-hybridized carbons (Fsp3) is 0.533. The first kappa shape index (κ1) is 13.2. The van der Waals surface area contributed by atoms with E-state index in [0.717, 1.165) is 55.2 Å². The van der Waals surface area contributed by atoms with Crippen LogP contribution in [0, 0.1) is 5.92 Å². The molecule has 1 saturated heterocycles. The molecule has 3 rings (SSSR count). The summed E-state index contributed by atoms with van der Waals surface area (Å²) in [6, 6.07) is 3.91. The molecule has 20 heavy (non-hydrogen) atoms. The van der Waals surface area contributed by atoms with Crippen LogP contribution in [0.25, 0.3) is 0 Å². The maximum Gasteiger partial charge on any atom is 0.228 e. The summed E-state index contributed by atoms with van der Waals surface area (Å²) in [5.74, 6) is 0.694. The van der Waals surface area contributed by atoms with Crippen LogP contribution in [0.4, 0.5) is 17.1 Å². The number of anilines is 3. The number of rotatable bonds is 3. The van der Waals surface area contributed by atoms with Gasteiger partial charge in [-0.15, -0.1) is 0 Å². The summed E-state index contributed by atoms with van der Waals surface area (Å²) in [4.78, 5) is 13.6. The first-order valence-electron chi connectivity index (χ1n) is 7.14. The quantitative estimate of drug-likeness (QED) is 0.823. The van der Waals surface area contributed by atoms with Crippen LogP contribution in [0.5, 0.6) is 0 Å². The summed E-state index contributed by atoms with van der Waals surface area (Å²) in [7, 11) is 2.06. The largest absolute Gasteiger partial charge is 0.397 e. The standard InChI is InChI=1S/C15H21N3O2/c1-18(9-10-2-4-20-5-3-10)14-8-13-11(6-12(14)16)7-15(19)17-13/h6,8,10H,2-5,7,9,16H2,1H3,(H,17,19). The number of hydrogen-bond acceptors (Lipinski definition) is 4. The van der Waals surface area contributed by atoms with E-state index in [2.05, 4.69) is 17.3 Å². The van der Waals surface area contributed by atoms with E-state index >= 15 is 0 Å². The third kappa shape index (κ3) is 2.58. The number of carbonyl (C=O) groups excluding carboxylic acids is 1.